The lowest BCUT2D eigenvalue weighted by molar-refractivity contribution is 0.775. The number of nitrogens with one attached hydrogen (secondary N) is 1. The Morgan fingerprint density at radius 2 is 1.67 bits per heavy atom. The number of anilines is 1. The van der Waals surface area contributed by atoms with Gasteiger partial charge in [0.05, 0.1) is 11.2 Å². The molecule has 21 heavy (non-hydrogen) atoms. The Balaban J connectivity index is 1.66. The maximum Gasteiger partial charge on any atom is 0.0936 e. The number of nitrogens with zero attached hydrogens (tertiary/aromatic N) is 1. The first-order valence-corrected chi connectivity index (χ1v) is 7.49. The third kappa shape index (κ3) is 2.27. The van der Waals surface area contributed by atoms with Crippen molar-refractivity contribution in [3.8, 4) is 0 Å². The second kappa shape index (κ2) is 4.88. The SMILES string of the molecule is Cc1ccc2cccc(NC3Cc4ccccc4C3)c2n1. The highest BCUT2D eigenvalue weighted by Gasteiger charge is 2.21. The van der Waals surface area contributed by atoms with Crippen LogP contribution in [-0.4, -0.2) is 11.0 Å². The minimum atomic E-state index is 0.468. The third-order valence-electron chi connectivity index (χ3n) is 4.27. The van der Waals surface area contributed by atoms with E-state index >= 15 is 0 Å². The highest BCUT2D eigenvalue weighted by Crippen LogP contribution is 2.27. The number of benzene rings is 2. The van der Waals surface area contributed by atoms with Gasteiger partial charge in [-0.25, -0.2) is 0 Å². The lowest BCUT2D eigenvalue weighted by atomic mass is 10.1. The zero-order chi connectivity index (χ0) is 14.2. The monoisotopic (exact) mass is 274 g/mol. The standard InChI is InChI=1S/C19H18N2/c1-13-9-10-14-7-4-8-18(19(14)20-13)21-17-11-15-5-2-3-6-16(15)12-17/h2-10,17,21H,11-12H2,1H3. The first kappa shape index (κ1) is 12.4. The first-order chi connectivity index (χ1) is 10.3. The molecule has 0 unspecified atom stereocenters. The third-order valence-corrected chi connectivity index (χ3v) is 4.27. The van der Waals surface area contributed by atoms with Gasteiger partial charge in [0.15, 0.2) is 0 Å². The van der Waals surface area contributed by atoms with Crippen molar-refractivity contribution < 1.29 is 0 Å². The van der Waals surface area contributed by atoms with Crippen LogP contribution in [0, 0.1) is 6.92 Å². The van der Waals surface area contributed by atoms with E-state index in [-0.39, 0.29) is 0 Å². The van der Waals surface area contributed by atoms with Crippen LogP contribution >= 0.6 is 0 Å². The second-order valence-electron chi connectivity index (χ2n) is 5.85. The average molecular weight is 274 g/mol. The summed E-state index contributed by atoms with van der Waals surface area (Å²) < 4.78 is 0. The van der Waals surface area contributed by atoms with Crippen LogP contribution in [-0.2, 0) is 12.8 Å². The average Bonchev–Trinajstić information content (AvgIpc) is 2.90. The van der Waals surface area contributed by atoms with E-state index in [1.54, 1.807) is 0 Å². The summed E-state index contributed by atoms with van der Waals surface area (Å²) in [6, 6.07) is 19.8. The van der Waals surface area contributed by atoms with Gasteiger partial charge in [0.2, 0.25) is 0 Å². The maximum absolute atomic E-state index is 4.70. The Kier molecular flexibility index (Phi) is 2.88. The summed E-state index contributed by atoms with van der Waals surface area (Å²) in [7, 11) is 0. The van der Waals surface area contributed by atoms with E-state index < -0.39 is 0 Å². The van der Waals surface area contributed by atoms with Crippen molar-refractivity contribution in [3.05, 3.63) is 71.4 Å². The topological polar surface area (TPSA) is 24.9 Å². The quantitative estimate of drug-likeness (QED) is 0.760. The number of rotatable bonds is 2. The molecule has 0 spiro atoms. The molecule has 0 fully saturated rings. The van der Waals surface area contributed by atoms with Crippen molar-refractivity contribution >= 4 is 16.6 Å². The smallest absolute Gasteiger partial charge is 0.0936 e. The van der Waals surface area contributed by atoms with Gasteiger partial charge in [-0.05, 0) is 43.0 Å². The zero-order valence-electron chi connectivity index (χ0n) is 12.1. The van der Waals surface area contributed by atoms with Crippen molar-refractivity contribution in [1.82, 2.24) is 4.98 Å². The number of para-hydroxylation sites is 1. The zero-order valence-corrected chi connectivity index (χ0v) is 12.1. The van der Waals surface area contributed by atoms with Crippen LogP contribution in [0.4, 0.5) is 5.69 Å². The summed E-state index contributed by atoms with van der Waals surface area (Å²) in [5, 5.41) is 4.89. The molecule has 0 amide bonds. The molecule has 2 heteroatoms. The number of fused-ring (bicyclic) bond motifs is 2. The first-order valence-electron chi connectivity index (χ1n) is 7.49. The molecule has 4 rings (SSSR count). The van der Waals surface area contributed by atoms with Gasteiger partial charge in [-0.3, -0.25) is 4.98 Å². The molecular weight excluding hydrogens is 256 g/mol. The molecule has 2 nitrogen and oxygen atoms in total. The molecule has 0 saturated heterocycles. The molecule has 1 N–H and O–H groups in total. The normalized spacial score (nSPS) is 14.3. The molecule has 1 aliphatic rings. The van der Waals surface area contributed by atoms with Gasteiger partial charge in [0.1, 0.15) is 0 Å². The van der Waals surface area contributed by atoms with Crippen molar-refractivity contribution in [1.29, 1.82) is 0 Å². The van der Waals surface area contributed by atoms with E-state index in [1.165, 1.54) is 16.5 Å². The van der Waals surface area contributed by atoms with Gasteiger partial charge >= 0.3 is 0 Å². The van der Waals surface area contributed by atoms with Crippen molar-refractivity contribution in [2.45, 2.75) is 25.8 Å². The van der Waals surface area contributed by atoms with Gasteiger partial charge in [0.25, 0.3) is 0 Å². The van der Waals surface area contributed by atoms with E-state index in [1.807, 2.05) is 6.92 Å². The Morgan fingerprint density at radius 1 is 0.905 bits per heavy atom. The van der Waals surface area contributed by atoms with Crippen LogP contribution in [0.15, 0.2) is 54.6 Å². The molecule has 0 aliphatic heterocycles. The van der Waals surface area contributed by atoms with Crippen LogP contribution in [0.25, 0.3) is 10.9 Å². The van der Waals surface area contributed by atoms with E-state index in [9.17, 15) is 0 Å². The fourth-order valence-electron chi connectivity index (χ4n) is 3.24. The van der Waals surface area contributed by atoms with Crippen molar-refractivity contribution in [2.24, 2.45) is 0 Å². The molecule has 0 saturated carbocycles. The summed E-state index contributed by atoms with van der Waals surface area (Å²) in [5.74, 6) is 0. The highest BCUT2D eigenvalue weighted by molar-refractivity contribution is 5.90. The van der Waals surface area contributed by atoms with E-state index in [4.69, 9.17) is 4.98 Å². The summed E-state index contributed by atoms with van der Waals surface area (Å²) in [6.07, 6.45) is 2.19. The fraction of sp³-hybridized carbons (Fsp3) is 0.211. The molecule has 1 aromatic heterocycles. The van der Waals surface area contributed by atoms with Crippen LogP contribution in [0.2, 0.25) is 0 Å². The molecule has 2 aromatic carbocycles. The number of hydrogen-bond donors (Lipinski definition) is 1. The van der Waals surface area contributed by atoms with Crippen LogP contribution in [0.5, 0.6) is 0 Å². The highest BCUT2D eigenvalue weighted by atomic mass is 14.9. The second-order valence-corrected chi connectivity index (χ2v) is 5.85. The fourth-order valence-corrected chi connectivity index (χ4v) is 3.24. The predicted octanol–water partition coefficient (Wildman–Crippen LogP) is 4.12. The predicted molar refractivity (Wildman–Crippen MR) is 87.7 cm³/mol. The number of hydrogen-bond acceptors (Lipinski definition) is 2. The molecule has 0 bridgehead atoms. The van der Waals surface area contributed by atoms with Gasteiger partial charge < -0.3 is 5.32 Å². The number of pyridine rings is 1. The largest absolute Gasteiger partial charge is 0.380 e. The summed E-state index contributed by atoms with van der Waals surface area (Å²) >= 11 is 0. The lowest BCUT2D eigenvalue weighted by Gasteiger charge is -2.15. The Morgan fingerprint density at radius 3 is 2.43 bits per heavy atom. The van der Waals surface area contributed by atoms with Crippen molar-refractivity contribution in [2.75, 3.05) is 5.32 Å². The van der Waals surface area contributed by atoms with E-state index in [2.05, 4.69) is 59.9 Å². The summed E-state index contributed by atoms with van der Waals surface area (Å²) in [6.45, 7) is 2.04. The molecule has 104 valence electrons. The maximum atomic E-state index is 4.70. The number of aromatic nitrogens is 1. The molecule has 0 atom stereocenters. The number of aryl methyl sites for hydroxylation is 1. The van der Waals surface area contributed by atoms with Gasteiger partial charge in [-0.15, -0.1) is 0 Å². The molecule has 1 aliphatic carbocycles. The van der Waals surface area contributed by atoms with Crippen molar-refractivity contribution in [3.63, 3.8) is 0 Å². The van der Waals surface area contributed by atoms with E-state index in [0.29, 0.717) is 6.04 Å². The molecule has 0 radical (unpaired) electrons. The molecular formula is C19H18N2. The van der Waals surface area contributed by atoms with Crippen LogP contribution < -0.4 is 5.32 Å². The minimum Gasteiger partial charge on any atom is -0.380 e. The summed E-state index contributed by atoms with van der Waals surface area (Å²) in [5.41, 5.74) is 6.23. The van der Waals surface area contributed by atoms with Crippen LogP contribution in [0.1, 0.15) is 16.8 Å². The van der Waals surface area contributed by atoms with E-state index in [0.717, 1.165) is 29.7 Å². The van der Waals surface area contributed by atoms with Crippen LogP contribution in [0.3, 0.4) is 0 Å². The molecule has 3 aromatic rings. The minimum absolute atomic E-state index is 0.468. The summed E-state index contributed by atoms with van der Waals surface area (Å²) in [4.78, 5) is 4.70. The Hall–Kier alpha value is -2.35. The Labute approximate surface area is 124 Å². The molecule has 1 heterocycles. The lowest BCUT2D eigenvalue weighted by Crippen LogP contribution is -2.19. The van der Waals surface area contributed by atoms with Gasteiger partial charge in [0, 0.05) is 17.1 Å². The Bertz CT molecular complexity index is 783. The van der Waals surface area contributed by atoms with Gasteiger partial charge in [-0.2, -0.15) is 0 Å². The van der Waals surface area contributed by atoms with Gasteiger partial charge in [-0.1, -0.05) is 42.5 Å².